The number of hydrogen-bond donors (Lipinski definition) is 5. The average Bonchev–Trinajstić information content (AvgIpc) is 2.63. The van der Waals surface area contributed by atoms with Gasteiger partial charge in [-0.15, -0.1) is 0 Å². The second-order valence-electron chi connectivity index (χ2n) is 4.85. The van der Waals surface area contributed by atoms with Crippen LogP contribution in [0.4, 0.5) is 4.79 Å². The summed E-state index contributed by atoms with van der Waals surface area (Å²) in [5, 5.41) is 32.5. The fourth-order valence-corrected chi connectivity index (χ4v) is 2.89. The second kappa shape index (κ2) is 5.71. The molecule has 0 aliphatic carbocycles. The van der Waals surface area contributed by atoms with Gasteiger partial charge in [-0.3, -0.25) is 10.1 Å². The number of amides is 3. The van der Waals surface area contributed by atoms with Crippen LogP contribution in [0.15, 0.2) is 0 Å². The molecule has 2 aliphatic heterocycles. The number of aliphatic hydroxyl groups is 3. The number of aliphatic hydroxyl groups excluding tert-OH is 3. The zero-order chi connectivity index (χ0) is 14.2. The van der Waals surface area contributed by atoms with Crippen LogP contribution in [-0.2, 0) is 4.79 Å². The standard InChI is InChI=1S/C10H16BrN3O5/c11-4-1-14(10(19)13-9(4)18)2-5-7(16)8(17)6(3-15)12-5/h4-8,12,15-17H,1-3H2,(H,13,18,19)/p+1/t4?,5-,6+,7?,8?/m0/s1. The molecule has 0 aromatic rings. The van der Waals surface area contributed by atoms with Crippen molar-refractivity contribution in [3.05, 3.63) is 0 Å². The highest BCUT2D eigenvalue weighted by Crippen LogP contribution is 2.13. The number of imide groups is 1. The van der Waals surface area contributed by atoms with Gasteiger partial charge >= 0.3 is 6.03 Å². The van der Waals surface area contributed by atoms with Gasteiger partial charge in [0.2, 0.25) is 5.91 Å². The summed E-state index contributed by atoms with van der Waals surface area (Å²) in [6, 6.07) is -1.43. The molecule has 2 fully saturated rings. The number of nitrogens with zero attached hydrogens (tertiary/aromatic N) is 1. The van der Waals surface area contributed by atoms with E-state index in [1.807, 2.05) is 0 Å². The van der Waals surface area contributed by atoms with E-state index in [1.165, 1.54) is 4.90 Å². The normalized spacial score (nSPS) is 39.6. The minimum atomic E-state index is -1.02. The third-order valence-corrected chi connectivity index (χ3v) is 4.25. The first-order chi connectivity index (χ1) is 8.93. The predicted molar refractivity (Wildman–Crippen MR) is 66.4 cm³/mol. The monoisotopic (exact) mass is 338 g/mol. The molecule has 2 aliphatic rings. The number of quaternary nitrogens is 1. The molecular weight excluding hydrogens is 322 g/mol. The highest BCUT2D eigenvalue weighted by atomic mass is 79.9. The molecule has 0 aromatic carbocycles. The quantitative estimate of drug-likeness (QED) is 0.339. The van der Waals surface area contributed by atoms with Gasteiger partial charge < -0.3 is 25.5 Å². The van der Waals surface area contributed by atoms with E-state index >= 15 is 0 Å². The molecule has 2 rings (SSSR count). The summed E-state index contributed by atoms with van der Waals surface area (Å²) in [5.74, 6) is -0.384. The summed E-state index contributed by atoms with van der Waals surface area (Å²) < 4.78 is 0. The lowest BCUT2D eigenvalue weighted by atomic mass is 10.1. The average molecular weight is 339 g/mol. The molecule has 5 atom stereocenters. The molecule has 8 nitrogen and oxygen atoms in total. The van der Waals surface area contributed by atoms with Gasteiger partial charge in [0.25, 0.3) is 0 Å². The van der Waals surface area contributed by atoms with Crippen LogP contribution in [0.5, 0.6) is 0 Å². The van der Waals surface area contributed by atoms with Crippen molar-refractivity contribution in [2.24, 2.45) is 0 Å². The van der Waals surface area contributed by atoms with Crippen LogP contribution < -0.4 is 10.6 Å². The lowest BCUT2D eigenvalue weighted by molar-refractivity contribution is -0.707. The summed E-state index contributed by atoms with van der Waals surface area (Å²) in [6.45, 7) is 0.151. The minimum Gasteiger partial charge on any atom is -0.390 e. The van der Waals surface area contributed by atoms with Gasteiger partial charge in [-0.05, 0) is 0 Å². The van der Waals surface area contributed by atoms with Crippen LogP contribution in [0.2, 0.25) is 0 Å². The fraction of sp³-hybridized carbons (Fsp3) is 0.800. The lowest BCUT2D eigenvalue weighted by Crippen LogP contribution is -2.95. The van der Waals surface area contributed by atoms with Crippen LogP contribution in [0.25, 0.3) is 0 Å². The Morgan fingerprint density at radius 2 is 1.95 bits per heavy atom. The van der Waals surface area contributed by atoms with Gasteiger partial charge in [-0.25, -0.2) is 4.79 Å². The van der Waals surface area contributed by atoms with Crippen molar-refractivity contribution in [3.63, 3.8) is 0 Å². The maximum absolute atomic E-state index is 11.6. The van der Waals surface area contributed by atoms with Crippen molar-refractivity contribution in [2.75, 3.05) is 19.7 Å². The largest absolute Gasteiger partial charge is 0.390 e. The molecule has 108 valence electrons. The highest BCUT2D eigenvalue weighted by Gasteiger charge is 2.46. The molecule has 0 spiro atoms. The number of carbonyl (C=O) groups is 2. The molecule has 0 saturated carbocycles. The molecule has 2 saturated heterocycles. The maximum atomic E-state index is 11.6. The summed E-state index contributed by atoms with van der Waals surface area (Å²) in [5.41, 5.74) is 0. The number of urea groups is 1. The number of halogens is 1. The zero-order valence-corrected chi connectivity index (χ0v) is 11.7. The van der Waals surface area contributed by atoms with Gasteiger partial charge in [0.05, 0.1) is 13.2 Å². The van der Waals surface area contributed by atoms with Crippen LogP contribution in [0.3, 0.4) is 0 Å². The zero-order valence-electron chi connectivity index (χ0n) is 10.1. The van der Waals surface area contributed by atoms with Crippen LogP contribution in [0.1, 0.15) is 0 Å². The first-order valence-electron chi connectivity index (χ1n) is 6.00. The van der Waals surface area contributed by atoms with Crippen LogP contribution in [0, 0.1) is 0 Å². The lowest BCUT2D eigenvalue weighted by Gasteiger charge is -2.31. The fourth-order valence-electron chi connectivity index (χ4n) is 2.42. The summed E-state index contributed by atoms with van der Waals surface area (Å²) in [6.07, 6.45) is -2.04. The van der Waals surface area contributed by atoms with Crippen molar-refractivity contribution >= 4 is 27.9 Å². The first-order valence-corrected chi connectivity index (χ1v) is 6.91. The smallest absolute Gasteiger partial charge is 0.324 e. The Balaban J connectivity index is 1.98. The van der Waals surface area contributed by atoms with Crippen molar-refractivity contribution in [3.8, 4) is 0 Å². The summed E-state index contributed by atoms with van der Waals surface area (Å²) >= 11 is 3.16. The van der Waals surface area contributed by atoms with Crippen LogP contribution >= 0.6 is 15.9 Å². The van der Waals surface area contributed by atoms with E-state index < -0.39 is 35.1 Å². The van der Waals surface area contributed by atoms with E-state index in [2.05, 4.69) is 21.2 Å². The maximum Gasteiger partial charge on any atom is 0.324 e. The van der Waals surface area contributed by atoms with E-state index in [1.54, 1.807) is 5.32 Å². The molecule has 2 heterocycles. The molecule has 9 heteroatoms. The summed E-state index contributed by atoms with van der Waals surface area (Å²) in [4.78, 5) is 23.8. The number of nitrogens with two attached hydrogens (primary N) is 1. The molecule has 19 heavy (non-hydrogen) atoms. The molecule has 3 amide bonds. The molecule has 0 aromatic heterocycles. The number of carbonyl (C=O) groups excluding carboxylic acids is 2. The SMILES string of the molecule is O=C1NC(=O)N(C[C@@H]2[NH2+][C@H](CO)C(O)C2O)CC1Br. The first kappa shape index (κ1) is 14.7. The van der Waals surface area contributed by atoms with E-state index in [0.29, 0.717) is 0 Å². The van der Waals surface area contributed by atoms with Gasteiger partial charge in [0.1, 0.15) is 29.1 Å². The van der Waals surface area contributed by atoms with E-state index in [4.69, 9.17) is 5.11 Å². The third-order valence-electron chi connectivity index (χ3n) is 3.55. The number of alkyl halides is 1. The van der Waals surface area contributed by atoms with E-state index in [-0.39, 0.29) is 25.6 Å². The number of hydrogen-bond acceptors (Lipinski definition) is 5. The second-order valence-corrected chi connectivity index (χ2v) is 5.96. The molecule has 0 bridgehead atoms. The Hall–Kier alpha value is -0.740. The molecule has 3 unspecified atom stereocenters. The Bertz CT molecular complexity index is 382. The Kier molecular flexibility index (Phi) is 4.41. The minimum absolute atomic E-state index is 0.190. The molecular formula is C10H17BrN3O5+. The molecule has 0 radical (unpaired) electrons. The van der Waals surface area contributed by atoms with Crippen LogP contribution in [-0.4, -0.2) is 81.0 Å². The number of rotatable bonds is 3. The number of nitrogens with one attached hydrogen (secondary N) is 1. The van der Waals surface area contributed by atoms with E-state index in [9.17, 15) is 19.8 Å². The van der Waals surface area contributed by atoms with Crippen molar-refractivity contribution in [2.45, 2.75) is 29.1 Å². The van der Waals surface area contributed by atoms with Gasteiger partial charge in [-0.1, -0.05) is 15.9 Å². The topological polar surface area (TPSA) is 127 Å². The highest BCUT2D eigenvalue weighted by molar-refractivity contribution is 9.10. The Morgan fingerprint density at radius 3 is 2.53 bits per heavy atom. The van der Waals surface area contributed by atoms with Gasteiger partial charge in [0.15, 0.2) is 0 Å². The van der Waals surface area contributed by atoms with Gasteiger partial charge in [0, 0.05) is 6.54 Å². The van der Waals surface area contributed by atoms with Crippen molar-refractivity contribution < 1.29 is 30.2 Å². The van der Waals surface area contributed by atoms with Crippen molar-refractivity contribution in [1.82, 2.24) is 10.2 Å². The van der Waals surface area contributed by atoms with E-state index in [0.717, 1.165) is 0 Å². The Morgan fingerprint density at radius 1 is 1.32 bits per heavy atom. The van der Waals surface area contributed by atoms with Gasteiger partial charge in [-0.2, -0.15) is 0 Å². The van der Waals surface area contributed by atoms with Crippen molar-refractivity contribution in [1.29, 1.82) is 0 Å². The Labute approximate surface area is 117 Å². The summed E-state index contributed by atoms with van der Waals surface area (Å²) in [7, 11) is 0. The molecule has 6 N–H and O–H groups in total. The third kappa shape index (κ3) is 2.90. The predicted octanol–water partition coefficient (Wildman–Crippen LogP) is -3.67.